The number of hydrogen-bond acceptors (Lipinski definition) is 3. The Morgan fingerprint density at radius 1 is 1.45 bits per heavy atom. The highest BCUT2D eigenvalue weighted by atomic mass is 35.5. The van der Waals surface area contributed by atoms with Crippen molar-refractivity contribution in [3.8, 4) is 0 Å². The van der Waals surface area contributed by atoms with Crippen molar-refractivity contribution in [1.29, 1.82) is 0 Å². The third-order valence-corrected chi connectivity index (χ3v) is 2.99. The average Bonchev–Trinajstić information content (AvgIpc) is 2.38. The molecular formula is C14H14ClN3O2. The van der Waals surface area contributed by atoms with E-state index in [2.05, 4.69) is 15.3 Å². The minimum atomic E-state index is -0.433. The first-order valence-electron chi connectivity index (χ1n) is 6.15. The normalized spacial score (nSPS) is 10.3. The van der Waals surface area contributed by atoms with Crippen molar-refractivity contribution in [3.05, 3.63) is 62.8 Å². The van der Waals surface area contributed by atoms with Gasteiger partial charge in [0, 0.05) is 17.8 Å². The fourth-order valence-electron chi connectivity index (χ4n) is 1.75. The Bertz CT molecular complexity index is 682. The summed E-state index contributed by atoms with van der Waals surface area (Å²) in [6, 6.07) is 7.42. The zero-order chi connectivity index (χ0) is 14.5. The predicted molar refractivity (Wildman–Crippen MR) is 77.1 cm³/mol. The second-order valence-corrected chi connectivity index (χ2v) is 4.78. The molecule has 1 aromatic heterocycles. The summed E-state index contributed by atoms with van der Waals surface area (Å²) in [7, 11) is 0. The summed E-state index contributed by atoms with van der Waals surface area (Å²) in [5.74, 6) is 0.0475. The largest absolute Gasteiger partial charge is 0.351 e. The van der Waals surface area contributed by atoms with Crippen LogP contribution in [0.1, 0.15) is 21.7 Å². The van der Waals surface area contributed by atoms with E-state index >= 15 is 0 Å². The van der Waals surface area contributed by atoms with E-state index in [1.54, 1.807) is 13.0 Å². The Balaban J connectivity index is 1.94. The van der Waals surface area contributed by atoms with Gasteiger partial charge < -0.3 is 10.3 Å². The molecule has 2 rings (SSSR count). The standard InChI is InChI=1S/C14H14ClN3O2/c1-9-17-8-12(14(20)18-9)13(19)16-6-5-10-3-2-4-11(15)7-10/h2-4,7-8H,5-6H2,1H3,(H,16,19)(H,17,18,20). The number of hydrogen-bond donors (Lipinski definition) is 2. The van der Waals surface area contributed by atoms with Gasteiger partial charge >= 0.3 is 0 Å². The van der Waals surface area contributed by atoms with E-state index in [9.17, 15) is 9.59 Å². The fourth-order valence-corrected chi connectivity index (χ4v) is 1.97. The molecule has 0 unspecified atom stereocenters. The molecule has 0 aliphatic heterocycles. The fraction of sp³-hybridized carbons (Fsp3) is 0.214. The highest BCUT2D eigenvalue weighted by molar-refractivity contribution is 6.30. The van der Waals surface area contributed by atoms with E-state index in [4.69, 9.17) is 11.6 Å². The van der Waals surface area contributed by atoms with Crippen LogP contribution in [-0.4, -0.2) is 22.4 Å². The summed E-state index contributed by atoms with van der Waals surface area (Å²) in [5.41, 5.74) is 0.605. The molecule has 0 radical (unpaired) electrons. The molecule has 0 saturated heterocycles. The SMILES string of the molecule is Cc1ncc(C(=O)NCCc2cccc(Cl)c2)c(=O)[nH]1. The molecule has 1 aromatic carbocycles. The lowest BCUT2D eigenvalue weighted by atomic mass is 10.1. The van der Waals surface area contributed by atoms with E-state index in [1.807, 2.05) is 18.2 Å². The number of halogens is 1. The van der Waals surface area contributed by atoms with Gasteiger partial charge in [-0.15, -0.1) is 0 Å². The molecule has 0 fully saturated rings. The number of carbonyl (C=O) groups excluding carboxylic acids is 1. The van der Waals surface area contributed by atoms with Crippen molar-refractivity contribution in [2.24, 2.45) is 0 Å². The maximum absolute atomic E-state index is 11.8. The van der Waals surface area contributed by atoms with Gasteiger partial charge in [-0.3, -0.25) is 9.59 Å². The van der Waals surface area contributed by atoms with Crippen LogP contribution < -0.4 is 10.9 Å². The first-order chi connectivity index (χ1) is 9.56. The second kappa shape index (κ2) is 6.34. The number of benzene rings is 1. The summed E-state index contributed by atoms with van der Waals surface area (Å²) in [4.78, 5) is 29.8. The van der Waals surface area contributed by atoms with Crippen LogP contribution in [-0.2, 0) is 6.42 Å². The first-order valence-corrected chi connectivity index (χ1v) is 6.52. The summed E-state index contributed by atoms with van der Waals surface area (Å²) in [5, 5.41) is 3.35. The van der Waals surface area contributed by atoms with Gasteiger partial charge in [0.25, 0.3) is 11.5 Å². The van der Waals surface area contributed by atoms with Gasteiger partial charge in [0.15, 0.2) is 0 Å². The smallest absolute Gasteiger partial charge is 0.263 e. The van der Waals surface area contributed by atoms with Crippen molar-refractivity contribution in [2.75, 3.05) is 6.54 Å². The van der Waals surface area contributed by atoms with Gasteiger partial charge in [-0.05, 0) is 31.0 Å². The van der Waals surface area contributed by atoms with Gasteiger partial charge in [-0.25, -0.2) is 4.98 Å². The number of aromatic nitrogens is 2. The Hall–Kier alpha value is -2.14. The van der Waals surface area contributed by atoms with E-state index in [-0.39, 0.29) is 5.56 Å². The first kappa shape index (κ1) is 14.3. The van der Waals surface area contributed by atoms with E-state index in [0.29, 0.717) is 23.8 Å². The Labute approximate surface area is 121 Å². The van der Waals surface area contributed by atoms with Crippen LogP contribution in [0, 0.1) is 6.92 Å². The van der Waals surface area contributed by atoms with Crippen molar-refractivity contribution in [1.82, 2.24) is 15.3 Å². The zero-order valence-electron chi connectivity index (χ0n) is 10.9. The van der Waals surface area contributed by atoms with Crippen molar-refractivity contribution in [2.45, 2.75) is 13.3 Å². The van der Waals surface area contributed by atoms with Gasteiger partial charge in [-0.2, -0.15) is 0 Å². The van der Waals surface area contributed by atoms with Crippen LogP contribution >= 0.6 is 11.6 Å². The number of H-pyrrole nitrogens is 1. The third kappa shape index (κ3) is 3.68. The summed E-state index contributed by atoms with van der Waals surface area (Å²) >= 11 is 5.88. The molecule has 5 nitrogen and oxygen atoms in total. The number of nitrogens with zero attached hydrogens (tertiary/aromatic N) is 1. The third-order valence-electron chi connectivity index (χ3n) is 2.76. The minimum absolute atomic E-state index is 0.0155. The Kier molecular flexibility index (Phi) is 4.53. The minimum Gasteiger partial charge on any atom is -0.351 e. The zero-order valence-corrected chi connectivity index (χ0v) is 11.7. The lowest BCUT2D eigenvalue weighted by molar-refractivity contribution is 0.0952. The molecule has 2 N–H and O–H groups in total. The molecule has 0 spiro atoms. The number of aromatic amines is 1. The van der Waals surface area contributed by atoms with Gasteiger partial charge in [0.05, 0.1) is 0 Å². The molecule has 0 aliphatic rings. The Morgan fingerprint density at radius 2 is 2.25 bits per heavy atom. The van der Waals surface area contributed by atoms with Crippen molar-refractivity contribution < 1.29 is 4.79 Å². The summed E-state index contributed by atoms with van der Waals surface area (Å²) in [6.45, 7) is 2.08. The van der Waals surface area contributed by atoms with E-state index < -0.39 is 11.5 Å². The summed E-state index contributed by atoms with van der Waals surface area (Å²) < 4.78 is 0. The highest BCUT2D eigenvalue weighted by Gasteiger charge is 2.10. The predicted octanol–water partition coefficient (Wildman–Crippen LogP) is 1.70. The molecule has 0 saturated carbocycles. The quantitative estimate of drug-likeness (QED) is 0.900. The molecule has 20 heavy (non-hydrogen) atoms. The van der Waals surface area contributed by atoms with Crippen LogP contribution in [0.4, 0.5) is 0 Å². The van der Waals surface area contributed by atoms with Gasteiger partial charge in [0.1, 0.15) is 11.4 Å². The number of carbonyl (C=O) groups is 1. The van der Waals surface area contributed by atoms with E-state index in [1.165, 1.54) is 6.20 Å². The molecule has 0 atom stereocenters. The number of amides is 1. The van der Waals surface area contributed by atoms with Crippen LogP contribution in [0.3, 0.4) is 0 Å². The lowest BCUT2D eigenvalue weighted by Crippen LogP contribution is -2.31. The second-order valence-electron chi connectivity index (χ2n) is 4.35. The number of aryl methyl sites for hydroxylation is 1. The monoisotopic (exact) mass is 291 g/mol. The average molecular weight is 292 g/mol. The van der Waals surface area contributed by atoms with Gasteiger partial charge in [0.2, 0.25) is 0 Å². The van der Waals surface area contributed by atoms with E-state index in [0.717, 1.165) is 5.56 Å². The molecular weight excluding hydrogens is 278 g/mol. The number of nitrogens with one attached hydrogen (secondary N) is 2. The maximum atomic E-state index is 11.8. The van der Waals surface area contributed by atoms with Crippen LogP contribution in [0.25, 0.3) is 0 Å². The summed E-state index contributed by atoms with van der Waals surface area (Å²) in [6.07, 6.45) is 1.92. The van der Waals surface area contributed by atoms with Gasteiger partial charge in [-0.1, -0.05) is 23.7 Å². The van der Waals surface area contributed by atoms with Crippen LogP contribution in [0.15, 0.2) is 35.3 Å². The lowest BCUT2D eigenvalue weighted by Gasteiger charge is -2.05. The molecule has 6 heteroatoms. The molecule has 0 bridgehead atoms. The van der Waals surface area contributed by atoms with Crippen LogP contribution in [0.2, 0.25) is 5.02 Å². The van der Waals surface area contributed by atoms with Crippen molar-refractivity contribution in [3.63, 3.8) is 0 Å². The molecule has 2 aromatic rings. The molecule has 0 aliphatic carbocycles. The van der Waals surface area contributed by atoms with Crippen molar-refractivity contribution >= 4 is 17.5 Å². The molecule has 1 amide bonds. The highest BCUT2D eigenvalue weighted by Crippen LogP contribution is 2.10. The maximum Gasteiger partial charge on any atom is 0.263 e. The molecule has 1 heterocycles. The molecule has 104 valence electrons. The number of rotatable bonds is 4. The Morgan fingerprint density at radius 3 is 2.95 bits per heavy atom. The van der Waals surface area contributed by atoms with Crippen LogP contribution in [0.5, 0.6) is 0 Å². The topological polar surface area (TPSA) is 74.8 Å².